The largest absolute Gasteiger partial charge is 0.309 e. The lowest BCUT2D eigenvalue weighted by Gasteiger charge is -2.08. The van der Waals surface area contributed by atoms with E-state index in [0.717, 1.165) is 22.5 Å². The van der Waals surface area contributed by atoms with Gasteiger partial charge in [-0.15, -0.1) is 0 Å². The van der Waals surface area contributed by atoms with Crippen LogP contribution in [-0.4, -0.2) is 14.1 Å². The number of para-hydroxylation sites is 2. The standard InChI is InChI=1S/C35H23N3/c1-3-11-24(12-4-1)25-18-19-30-28(23-25)35-32(38(30)33-17-9-10-22-36-33)21-20-31-34(35)27-15-7-8-16-29(27)37(31)26-13-5-2-6-14-26/h1-23H. The molecule has 3 heterocycles. The van der Waals surface area contributed by atoms with Gasteiger partial charge in [0, 0.05) is 33.4 Å². The molecule has 0 atom stereocenters. The second-order valence-electron chi connectivity index (χ2n) is 9.66. The Bertz CT molecular complexity index is 2100. The Kier molecular flexibility index (Phi) is 4.52. The molecule has 0 aliphatic carbocycles. The second-order valence-corrected chi connectivity index (χ2v) is 9.66. The van der Waals surface area contributed by atoms with Crippen molar-refractivity contribution < 1.29 is 0 Å². The van der Waals surface area contributed by atoms with Crippen molar-refractivity contribution in [3.8, 4) is 22.6 Å². The zero-order chi connectivity index (χ0) is 25.1. The number of hydrogen-bond acceptors (Lipinski definition) is 1. The normalized spacial score (nSPS) is 11.7. The molecule has 0 fully saturated rings. The van der Waals surface area contributed by atoms with Crippen molar-refractivity contribution >= 4 is 43.6 Å². The van der Waals surface area contributed by atoms with Crippen LogP contribution in [-0.2, 0) is 0 Å². The molecule has 0 saturated carbocycles. The predicted octanol–water partition coefficient (Wildman–Crippen LogP) is 8.94. The molecule has 0 spiro atoms. The first-order chi connectivity index (χ1) is 18.9. The van der Waals surface area contributed by atoms with Gasteiger partial charge in [0.15, 0.2) is 0 Å². The molecular weight excluding hydrogens is 462 g/mol. The molecule has 0 saturated heterocycles. The highest BCUT2D eigenvalue weighted by Crippen LogP contribution is 2.42. The van der Waals surface area contributed by atoms with Crippen LogP contribution in [0.5, 0.6) is 0 Å². The molecule has 0 aliphatic heterocycles. The summed E-state index contributed by atoms with van der Waals surface area (Å²) in [6.07, 6.45) is 1.87. The van der Waals surface area contributed by atoms with Gasteiger partial charge in [0.25, 0.3) is 0 Å². The summed E-state index contributed by atoms with van der Waals surface area (Å²) in [7, 11) is 0. The Balaban J connectivity index is 1.59. The van der Waals surface area contributed by atoms with Crippen LogP contribution in [0.15, 0.2) is 140 Å². The maximum absolute atomic E-state index is 4.76. The first kappa shape index (κ1) is 21.0. The highest BCUT2D eigenvalue weighted by Gasteiger charge is 2.21. The minimum absolute atomic E-state index is 0.922. The third kappa shape index (κ3) is 2.99. The van der Waals surface area contributed by atoms with Crippen LogP contribution in [0.2, 0.25) is 0 Å². The van der Waals surface area contributed by atoms with E-state index in [1.807, 2.05) is 12.3 Å². The zero-order valence-corrected chi connectivity index (χ0v) is 20.6. The molecule has 3 nitrogen and oxygen atoms in total. The summed E-state index contributed by atoms with van der Waals surface area (Å²) in [5.41, 5.74) is 8.31. The van der Waals surface area contributed by atoms with Gasteiger partial charge in [-0.1, -0.05) is 78.9 Å². The van der Waals surface area contributed by atoms with E-state index in [4.69, 9.17) is 4.98 Å². The highest BCUT2D eigenvalue weighted by molar-refractivity contribution is 6.29. The van der Waals surface area contributed by atoms with Crippen molar-refractivity contribution in [3.05, 3.63) is 140 Å². The van der Waals surface area contributed by atoms with Crippen LogP contribution in [0.4, 0.5) is 0 Å². The molecule has 5 aromatic carbocycles. The second kappa shape index (κ2) is 8.19. The number of aromatic nitrogens is 3. The van der Waals surface area contributed by atoms with Gasteiger partial charge >= 0.3 is 0 Å². The van der Waals surface area contributed by atoms with Gasteiger partial charge in [-0.05, 0) is 65.7 Å². The van der Waals surface area contributed by atoms with E-state index in [1.165, 1.54) is 43.7 Å². The highest BCUT2D eigenvalue weighted by atomic mass is 15.1. The molecule has 0 aliphatic rings. The Hall–Kier alpha value is -5.15. The molecule has 178 valence electrons. The number of pyridine rings is 1. The van der Waals surface area contributed by atoms with Crippen molar-refractivity contribution in [2.24, 2.45) is 0 Å². The van der Waals surface area contributed by atoms with Crippen LogP contribution >= 0.6 is 0 Å². The third-order valence-corrected chi connectivity index (χ3v) is 7.56. The van der Waals surface area contributed by atoms with E-state index in [9.17, 15) is 0 Å². The Morgan fingerprint density at radius 3 is 1.84 bits per heavy atom. The molecule has 0 bridgehead atoms. The van der Waals surface area contributed by atoms with Gasteiger partial charge < -0.3 is 4.57 Å². The molecule has 38 heavy (non-hydrogen) atoms. The quantitative estimate of drug-likeness (QED) is 0.245. The minimum atomic E-state index is 0.922. The van der Waals surface area contributed by atoms with Crippen molar-refractivity contribution in [3.63, 3.8) is 0 Å². The summed E-state index contributed by atoms with van der Waals surface area (Å²) in [6.45, 7) is 0. The summed E-state index contributed by atoms with van der Waals surface area (Å²) in [4.78, 5) is 4.76. The Labute approximate surface area is 219 Å². The third-order valence-electron chi connectivity index (χ3n) is 7.56. The Morgan fingerprint density at radius 1 is 0.421 bits per heavy atom. The van der Waals surface area contributed by atoms with E-state index in [1.54, 1.807) is 0 Å². The van der Waals surface area contributed by atoms with Crippen LogP contribution in [0.25, 0.3) is 66.2 Å². The van der Waals surface area contributed by atoms with Crippen molar-refractivity contribution in [2.75, 3.05) is 0 Å². The Morgan fingerprint density at radius 2 is 1.05 bits per heavy atom. The van der Waals surface area contributed by atoms with Gasteiger partial charge in [-0.2, -0.15) is 0 Å². The average molecular weight is 486 g/mol. The molecule has 3 aromatic heterocycles. The SMILES string of the molecule is c1ccc(-c2ccc3c(c2)c2c4c5ccccc5n(-c5ccccc5)c4ccc2n3-c2ccccn2)cc1. The number of fused-ring (bicyclic) bond motifs is 7. The van der Waals surface area contributed by atoms with Crippen LogP contribution in [0.1, 0.15) is 0 Å². The summed E-state index contributed by atoms with van der Waals surface area (Å²) in [5.74, 6) is 0.922. The van der Waals surface area contributed by atoms with Gasteiger partial charge in [0.2, 0.25) is 0 Å². The molecule has 0 unspecified atom stereocenters. The lowest BCUT2D eigenvalue weighted by molar-refractivity contribution is 1.08. The monoisotopic (exact) mass is 485 g/mol. The van der Waals surface area contributed by atoms with E-state index < -0.39 is 0 Å². The van der Waals surface area contributed by atoms with Crippen molar-refractivity contribution in [1.82, 2.24) is 14.1 Å². The summed E-state index contributed by atoms with van der Waals surface area (Å²) in [6, 6.07) is 47.5. The molecule has 0 amide bonds. The predicted molar refractivity (Wildman–Crippen MR) is 158 cm³/mol. The molecule has 3 heteroatoms. The van der Waals surface area contributed by atoms with Crippen LogP contribution in [0, 0.1) is 0 Å². The molecule has 8 rings (SSSR count). The maximum Gasteiger partial charge on any atom is 0.137 e. The summed E-state index contributed by atoms with van der Waals surface area (Å²) < 4.78 is 4.68. The molecule has 0 N–H and O–H groups in total. The average Bonchev–Trinajstić information content (AvgIpc) is 3.51. The number of hydrogen-bond donors (Lipinski definition) is 0. The van der Waals surface area contributed by atoms with Crippen LogP contribution in [0.3, 0.4) is 0 Å². The maximum atomic E-state index is 4.76. The smallest absolute Gasteiger partial charge is 0.137 e. The van der Waals surface area contributed by atoms with E-state index in [0.29, 0.717) is 0 Å². The first-order valence-corrected chi connectivity index (χ1v) is 12.9. The van der Waals surface area contributed by atoms with Gasteiger partial charge in [0.1, 0.15) is 5.82 Å². The first-order valence-electron chi connectivity index (χ1n) is 12.9. The number of rotatable bonds is 3. The molecular formula is C35H23N3. The van der Waals surface area contributed by atoms with E-state index >= 15 is 0 Å². The lowest BCUT2D eigenvalue weighted by Crippen LogP contribution is -1.96. The molecule has 0 radical (unpaired) electrons. The summed E-state index contributed by atoms with van der Waals surface area (Å²) >= 11 is 0. The van der Waals surface area contributed by atoms with Crippen molar-refractivity contribution in [2.45, 2.75) is 0 Å². The molecule has 8 aromatic rings. The zero-order valence-electron chi connectivity index (χ0n) is 20.6. The van der Waals surface area contributed by atoms with Gasteiger partial charge in [-0.3, -0.25) is 4.57 Å². The van der Waals surface area contributed by atoms with Crippen molar-refractivity contribution in [1.29, 1.82) is 0 Å². The van der Waals surface area contributed by atoms with Crippen LogP contribution < -0.4 is 0 Å². The van der Waals surface area contributed by atoms with Gasteiger partial charge in [-0.25, -0.2) is 4.98 Å². The minimum Gasteiger partial charge on any atom is -0.309 e. The number of benzene rings is 5. The van der Waals surface area contributed by atoms with E-state index in [2.05, 4.69) is 137 Å². The number of nitrogens with zero attached hydrogens (tertiary/aromatic N) is 3. The lowest BCUT2D eigenvalue weighted by atomic mass is 10.0. The topological polar surface area (TPSA) is 22.8 Å². The fraction of sp³-hybridized carbons (Fsp3) is 0. The van der Waals surface area contributed by atoms with E-state index in [-0.39, 0.29) is 0 Å². The van der Waals surface area contributed by atoms with Gasteiger partial charge in [0.05, 0.1) is 22.1 Å². The fourth-order valence-corrected chi connectivity index (χ4v) is 5.97. The summed E-state index contributed by atoms with van der Waals surface area (Å²) in [5, 5.41) is 5.01. The fourth-order valence-electron chi connectivity index (χ4n) is 5.97.